The normalized spacial score (nSPS) is 20.7. The van der Waals surface area contributed by atoms with Crippen LogP contribution in [0.3, 0.4) is 0 Å². The van der Waals surface area contributed by atoms with Crippen molar-refractivity contribution in [2.24, 2.45) is 0 Å². The van der Waals surface area contributed by atoms with Crippen molar-refractivity contribution in [1.82, 2.24) is 9.80 Å². The quantitative estimate of drug-likeness (QED) is 0.841. The highest BCUT2D eigenvalue weighted by Crippen LogP contribution is 2.25. The summed E-state index contributed by atoms with van der Waals surface area (Å²) in [6.45, 7) is 3.24. The number of carbonyl (C=O) groups excluding carboxylic acids is 1. The predicted molar refractivity (Wildman–Crippen MR) is 79.3 cm³/mol. The standard InChI is InChI=1S/C16H21F3N2O3/c17-16(18,19)24-12-5-9-21(10-6-12)15(22)14-4-3-13(23-14)11-20-7-1-2-8-20/h3-4,12H,1-2,5-11H2. The van der Waals surface area contributed by atoms with Crippen LogP contribution in [0.5, 0.6) is 0 Å². The lowest BCUT2D eigenvalue weighted by molar-refractivity contribution is -0.345. The van der Waals surface area contributed by atoms with Crippen LogP contribution in [0.1, 0.15) is 42.0 Å². The molecule has 2 aliphatic heterocycles. The molecule has 0 bridgehead atoms. The number of hydrogen-bond donors (Lipinski definition) is 0. The first-order valence-corrected chi connectivity index (χ1v) is 8.25. The number of hydrogen-bond acceptors (Lipinski definition) is 4. The summed E-state index contributed by atoms with van der Waals surface area (Å²) >= 11 is 0. The molecule has 2 saturated heterocycles. The van der Waals surface area contributed by atoms with Crippen molar-refractivity contribution in [3.05, 3.63) is 23.7 Å². The molecule has 1 amide bonds. The van der Waals surface area contributed by atoms with E-state index in [2.05, 4.69) is 9.64 Å². The zero-order valence-electron chi connectivity index (χ0n) is 13.3. The molecule has 24 heavy (non-hydrogen) atoms. The van der Waals surface area contributed by atoms with Crippen molar-refractivity contribution in [3.8, 4) is 0 Å². The molecule has 0 radical (unpaired) electrons. The van der Waals surface area contributed by atoms with Crippen LogP contribution >= 0.6 is 0 Å². The number of nitrogens with zero attached hydrogens (tertiary/aromatic N) is 2. The minimum Gasteiger partial charge on any atom is -0.455 e. The van der Waals surface area contributed by atoms with Crippen LogP contribution in [0.2, 0.25) is 0 Å². The van der Waals surface area contributed by atoms with E-state index >= 15 is 0 Å². The average Bonchev–Trinajstić information content (AvgIpc) is 3.18. The first kappa shape index (κ1) is 17.3. The average molecular weight is 346 g/mol. The summed E-state index contributed by atoms with van der Waals surface area (Å²) in [5, 5.41) is 0. The third kappa shape index (κ3) is 4.51. The fourth-order valence-electron chi connectivity index (χ4n) is 3.26. The van der Waals surface area contributed by atoms with Gasteiger partial charge < -0.3 is 9.32 Å². The lowest BCUT2D eigenvalue weighted by Crippen LogP contribution is -2.42. The molecular weight excluding hydrogens is 325 g/mol. The molecule has 5 nitrogen and oxygen atoms in total. The van der Waals surface area contributed by atoms with Crippen LogP contribution in [-0.4, -0.2) is 54.4 Å². The Morgan fingerprint density at radius 2 is 1.83 bits per heavy atom. The van der Waals surface area contributed by atoms with Gasteiger partial charge in [-0.15, -0.1) is 13.2 Å². The topological polar surface area (TPSA) is 45.9 Å². The molecule has 0 aromatic carbocycles. The number of amides is 1. The van der Waals surface area contributed by atoms with Crippen molar-refractivity contribution in [2.45, 2.75) is 44.7 Å². The van der Waals surface area contributed by atoms with Gasteiger partial charge >= 0.3 is 6.36 Å². The van der Waals surface area contributed by atoms with E-state index in [0.29, 0.717) is 6.54 Å². The number of ether oxygens (including phenoxy) is 1. The highest BCUT2D eigenvalue weighted by molar-refractivity contribution is 5.91. The lowest BCUT2D eigenvalue weighted by Gasteiger charge is -2.31. The van der Waals surface area contributed by atoms with Gasteiger partial charge in [-0.1, -0.05) is 0 Å². The second-order valence-electron chi connectivity index (χ2n) is 6.30. The molecule has 0 unspecified atom stereocenters. The van der Waals surface area contributed by atoms with Crippen molar-refractivity contribution < 1.29 is 27.1 Å². The van der Waals surface area contributed by atoms with Gasteiger partial charge in [0.25, 0.3) is 5.91 Å². The Labute approximate surface area is 138 Å². The second-order valence-corrected chi connectivity index (χ2v) is 6.30. The van der Waals surface area contributed by atoms with Crippen LogP contribution in [0.15, 0.2) is 16.5 Å². The van der Waals surface area contributed by atoms with E-state index in [4.69, 9.17) is 4.42 Å². The number of halogens is 3. The van der Waals surface area contributed by atoms with Gasteiger partial charge in [-0.2, -0.15) is 0 Å². The molecular formula is C16H21F3N2O3. The van der Waals surface area contributed by atoms with E-state index in [1.807, 2.05) is 0 Å². The fraction of sp³-hybridized carbons (Fsp3) is 0.688. The Bertz CT molecular complexity index is 559. The minimum atomic E-state index is -4.62. The van der Waals surface area contributed by atoms with Gasteiger partial charge in [-0.05, 0) is 50.9 Å². The maximum atomic E-state index is 12.4. The van der Waals surface area contributed by atoms with E-state index in [1.165, 1.54) is 17.7 Å². The predicted octanol–water partition coefficient (Wildman–Crippen LogP) is 3.02. The largest absolute Gasteiger partial charge is 0.522 e. The number of piperidine rings is 1. The van der Waals surface area contributed by atoms with Crippen LogP contribution < -0.4 is 0 Å². The van der Waals surface area contributed by atoms with Crippen molar-refractivity contribution in [2.75, 3.05) is 26.2 Å². The number of likely N-dealkylation sites (tertiary alicyclic amines) is 2. The molecule has 8 heteroatoms. The molecule has 3 rings (SSSR count). The zero-order valence-corrected chi connectivity index (χ0v) is 13.3. The zero-order chi connectivity index (χ0) is 17.2. The van der Waals surface area contributed by atoms with E-state index in [9.17, 15) is 18.0 Å². The van der Waals surface area contributed by atoms with Crippen molar-refractivity contribution >= 4 is 5.91 Å². The van der Waals surface area contributed by atoms with Gasteiger partial charge in [-0.25, -0.2) is 0 Å². The smallest absolute Gasteiger partial charge is 0.455 e. The molecule has 1 aromatic rings. The Kier molecular flexibility index (Phi) is 5.15. The van der Waals surface area contributed by atoms with Gasteiger partial charge in [0.1, 0.15) is 5.76 Å². The maximum Gasteiger partial charge on any atom is 0.522 e. The molecule has 134 valence electrons. The van der Waals surface area contributed by atoms with Crippen LogP contribution in [0, 0.1) is 0 Å². The van der Waals surface area contributed by atoms with Crippen LogP contribution in [0.25, 0.3) is 0 Å². The van der Waals surface area contributed by atoms with E-state index in [0.717, 1.165) is 18.8 Å². The molecule has 2 fully saturated rings. The fourth-order valence-corrected chi connectivity index (χ4v) is 3.26. The molecule has 2 aliphatic rings. The Hall–Kier alpha value is -1.54. The Morgan fingerprint density at radius 1 is 1.17 bits per heavy atom. The summed E-state index contributed by atoms with van der Waals surface area (Å²) in [5.41, 5.74) is 0. The number of furan rings is 1. The SMILES string of the molecule is O=C(c1ccc(CN2CCCC2)o1)N1CCC(OC(F)(F)F)CC1. The first-order chi connectivity index (χ1) is 11.4. The van der Waals surface area contributed by atoms with Crippen LogP contribution in [-0.2, 0) is 11.3 Å². The number of alkyl halides is 3. The highest BCUT2D eigenvalue weighted by atomic mass is 19.4. The Balaban J connectivity index is 1.51. The van der Waals surface area contributed by atoms with E-state index in [1.54, 1.807) is 12.1 Å². The van der Waals surface area contributed by atoms with Gasteiger partial charge in [0, 0.05) is 13.1 Å². The molecule has 0 spiro atoms. The molecule has 0 saturated carbocycles. The number of rotatable bonds is 4. The van der Waals surface area contributed by atoms with Gasteiger partial charge in [0.15, 0.2) is 5.76 Å². The molecule has 0 N–H and O–H groups in total. The van der Waals surface area contributed by atoms with Gasteiger partial charge in [0.05, 0.1) is 12.6 Å². The summed E-state index contributed by atoms with van der Waals surface area (Å²) in [6, 6.07) is 3.44. The maximum absolute atomic E-state index is 12.4. The third-order valence-corrected chi connectivity index (χ3v) is 4.48. The molecule has 0 aliphatic carbocycles. The first-order valence-electron chi connectivity index (χ1n) is 8.25. The highest BCUT2D eigenvalue weighted by Gasteiger charge is 2.36. The second kappa shape index (κ2) is 7.14. The van der Waals surface area contributed by atoms with E-state index < -0.39 is 12.5 Å². The summed E-state index contributed by atoms with van der Waals surface area (Å²) in [6.07, 6.45) is -2.79. The van der Waals surface area contributed by atoms with Gasteiger partial charge in [-0.3, -0.25) is 14.4 Å². The lowest BCUT2D eigenvalue weighted by atomic mass is 10.1. The van der Waals surface area contributed by atoms with Crippen molar-refractivity contribution in [1.29, 1.82) is 0 Å². The Morgan fingerprint density at radius 3 is 2.46 bits per heavy atom. The summed E-state index contributed by atoms with van der Waals surface area (Å²) < 4.78 is 46.3. The summed E-state index contributed by atoms with van der Waals surface area (Å²) in [4.78, 5) is 16.2. The molecule has 1 aromatic heterocycles. The molecule has 0 atom stereocenters. The van der Waals surface area contributed by atoms with Crippen LogP contribution in [0.4, 0.5) is 13.2 Å². The van der Waals surface area contributed by atoms with E-state index in [-0.39, 0.29) is 37.6 Å². The summed E-state index contributed by atoms with van der Waals surface area (Å²) in [7, 11) is 0. The minimum absolute atomic E-state index is 0.173. The monoisotopic (exact) mass is 346 g/mol. The third-order valence-electron chi connectivity index (χ3n) is 4.48. The van der Waals surface area contributed by atoms with Crippen molar-refractivity contribution in [3.63, 3.8) is 0 Å². The molecule has 3 heterocycles. The summed E-state index contributed by atoms with van der Waals surface area (Å²) in [5.74, 6) is 0.725. The van der Waals surface area contributed by atoms with Gasteiger partial charge in [0.2, 0.25) is 0 Å². The number of carbonyl (C=O) groups is 1.